The highest BCUT2D eigenvalue weighted by atomic mass is 16.7. The minimum Gasteiger partial charge on any atom is -0.481 e. The molecule has 3 heterocycles. The van der Waals surface area contributed by atoms with Crippen molar-refractivity contribution in [2.75, 3.05) is 46.5 Å². The van der Waals surface area contributed by atoms with Gasteiger partial charge in [0.05, 0.1) is 42.6 Å². The van der Waals surface area contributed by atoms with Gasteiger partial charge in [-0.2, -0.15) is 0 Å². The maximum atomic E-state index is 15.0. The summed E-state index contributed by atoms with van der Waals surface area (Å²) in [5.74, 6) is -3.09. The van der Waals surface area contributed by atoms with Crippen molar-refractivity contribution < 1.29 is 59.9 Å². The number of carboxylic acids is 1. The molecule has 1 aromatic heterocycles. The van der Waals surface area contributed by atoms with Crippen molar-refractivity contribution in [1.29, 1.82) is 0 Å². The number of fused-ring (bicyclic) bond motifs is 7. The molecule has 21 atom stereocenters. The molecule has 18 heteroatoms. The number of aliphatic hydroxyl groups excluding tert-OH is 7. The van der Waals surface area contributed by atoms with Gasteiger partial charge in [-0.15, -0.1) is 0 Å². The van der Waals surface area contributed by atoms with Gasteiger partial charge in [-0.05, 0) is 135 Å². The van der Waals surface area contributed by atoms with Crippen molar-refractivity contribution in [3.05, 3.63) is 29.9 Å². The Labute approximate surface area is 431 Å². The zero-order chi connectivity index (χ0) is 52.7. The lowest BCUT2D eigenvalue weighted by Crippen LogP contribution is -2.72. The molecule has 2 saturated heterocycles. The Morgan fingerprint density at radius 2 is 1.67 bits per heavy atom. The van der Waals surface area contributed by atoms with E-state index in [0.717, 1.165) is 31.5 Å². The first kappa shape index (κ1) is 55.2. The van der Waals surface area contributed by atoms with Crippen LogP contribution in [0.4, 0.5) is 0 Å². The number of amides is 1. The van der Waals surface area contributed by atoms with Crippen LogP contribution in [0.5, 0.6) is 0 Å². The van der Waals surface area contributed by atoms with Gasteiger partial charge in [-0.25, -0.2) is 4.98 Å². The summed E-state index contributed by atoms with van der Waals surface area (Å²) < 4.78 is 12.7. The number of imidazole rings is 1. The zero-order valence-corrected chi connectivity index (χ0v) is 44.3. The average Bonchev–Trinajstić information content (AvgIpc) is 4.14. The number of aliphatic carboxylic acids is 1. The number of hydrogen-bond donors (Lipinski definition) is 13. The van der Waals surface area contributed by atoms with Gasteiger partial charge in [0.15, 0.2) is 6.29 Å². The summed E-state index contributed by atoms with van der Waals surface area (Å²) in [6.45, 7) is 12.2. The van der Waals surface area contributed by atoms with Gasteiger partial charge in [-0.3, -0.25) is 9.59 Å². The van der Waals surface area contributed by atoms with Crippen LogP contribution in [0.3, 0.4) is 0 Å². The molecule has 8 aliphatic rings. The van der Waals surface area contributed by atoms with E-state index in [2.05, 4.69) is 59.7 Å². The lowest BCUT2D eigenvalue weighted by atomic mass is 9.31. The van der Waals surface area contributed by atoms with Crippen LogP contribution in [0, 0.1) is 73.4 Å². The Kier molecular flexibility index (Phi) is 15.4. The molecule has 1 spiro atoms. The molecule has 73 heavy (non-hydrogen) atoms. The molecule has 21 unspecified atom stereocenters. The predicted octanol–water partition coefficient (Wildman–Crippen LogP) is 2.50. The molecule has 0 radical (unpaired) electrons. The van der Waals surface area contributed by atoms with Crippen molar-refractivity contribution >= 4 is 11.9 Å². The maximum absolute atomic E-state index is 15.0. The normalized spacial score (nSPS) is 46.3. The summed E-state index contributed by atoms with van der Waals surface area (Å²) in [6, 6.07) is -0.468. The summed E-state index contributed by atoms with van der Waals surface area (Å²) in [7, 11) is 1.88. The van der Waals surface area contributed by atoms with E-state index < -0.39 is 105 Å². The van der Waals surface area contributed by atoms with Crippen molar-refractivity contribution in [2.45, 2.75) is 180 Å². The number of aliphatic hydroxyl groups is 7. The number of H-pyrrole nitrogens is 1. The maximum Gasteiger partial charge on any atom is 0.310 e. The third-order valence-corrected chi connectivity index (χ3v) is 22.8. The molecule has 6 aliphatic carbocycles. The van der Waals surface area contributed by atoms with Gasteiger partial charge in [0.2, 0.25) is 5.91 Å². The molecule has 18 nitrogen and oxygen atoms in total. The molecule has 14 N–H and O–H groups in total. The second-order valence-electron chi connectivity index (χ2n) is 26.0. The largest absolute Gasteiger partial charge is 0.481 e. The van der Waals surface area contributed by atoms with Gasteiger partial charge in [0, 0.05) is 61.4 Å². The van der Waals surface area contributed by atoms with E-state index in [0.29, 0.717) is 83.7 Å². The van der Waals surface area contributed by atoms with Crippen LogP contribution < -0.4 is 21.7 Å². The molecule has 2 aliphatic heterocycles. The Hall–Kier alpha value is -2.59. The number of allylic oxidation sites excluding steroid dienone is 2. The Bertz CT molecular complexity index is 2160. The van der Waals surface area contributed by atoms with Crippen molar-refractivity contribution in [3.8, 4) is 0 Å². The van der Waals surface area contributed by atoms with Crippen LogP contribution in [-0.4, -0.2) is 158 Å². The highest BCUT2D eigenvalue weighted by Crippen LogP contribution is 2.77. The number of carbonyl (C=O) groups excluding carboxylic acids is 1. The topological polar surface area (TPSA) is 305 Å². The molecule has 1 aromatic rings. The molecule has 0 bridgehead atoms. The number of carbonyl (C=O) groups is 2. The highest BCUT2D eigenvalue weighted by Gasteiger charge is 2.74. The minimum atomic E-state index is -1.64. The zero-order valence-electron chi connectivity index (χ0n) is 44.3. The predicted molar refractivity (Wildman–Crippen MR) is 270 cm³/mol. The first-order valence-electron chi connectivity index (χ1n) is 27.8. The van der Waals surface area contributed by atoms with Crippen molar-refractivity contribution in [1.82, 2.24) is 25.9 Å². The minimum absolute atomic E-state index is 0.0168. The Balaban J connectivity index is 1.18. The first-order valence-corrected chi connectivity index (χ1v) is 27.8. The van der Waals surface area contributed by atoms with Gasteiger partial charge in [-0.1, -0.05) is 59.1 Å². The van der Waals surface area contributed by atoms with Crippen molar-refractivity contribution in [2.24, 2.45) is 79.1 Å². The SMILES string of the molecule is CNCCNCC(CC(c1cnc[nH]1)C1NC(=O)C2(CCCC2)C1CC1C(O)C(OC2OCC(O)C(O)C2O)C(C)(CO)C2CCC3(C)C(CC=C4C5CC(C)(CO)CCC5(C(=O)O)CCC43C)C12C)C(N)O. The monoisotopic (exact) mass is 1030 g/mol. The Morgan fingerprint density at radius 3 is 2.32 bits per heavy atom. The fourth-order valence-corrected chi connectivity index (χ4v) is 18.2. The van der Waals surface area contributed by atoms with Crippen LogP contribution >= 0.6 is 0 Å². The van der Waals surface area contributed by atoms with Crippen LogP contribution in [0.25, 0.3) is 0 Å². The number of aromatic amines is 1. The van der Waals surface area contributed by atoms with E-state index in [-0.39, 0.29) is 55.3 Å². The number of nitrogens with one attached hydrogen (secondary N) is 4. The second kappa shape index (κ2) is 20.3. The van der Waals surface area contributed by atoms with E-state index in [1.807, 2.05) is 14.0 Å². The number of nitrogens with zero attached hydrogens (tertiary/aromatic N) is 1. The number of rotatable bonds is 17. The van der Waals surface area contributed by atoms with E-state index in [9.17, 15) is 45.6 Å². The molecule has 9 rings (SSSR count). The smallest absolute Gasteiger partial charge is 0.310 e. The van der Waals surface area contributed by atoms with Gasteiger partial charge < -0.3 is 77.0 Å². The van der Waals surface area contributed by atoms with Crippen LogP contribution in [-0.2, 0) is 19.1 Å². The van der Waals surface area contributed by atoms with Gasteiger partial charge in [0.1, 0.15) is 24.5 Å². The lowest BCUT2D eigenvalue weighted by Gasteiger charge is -2.73. The third kappa shape index (κ3) is 8.61. The fourth-order valence-electron chi connectivity index (χ4n) is 18.2. The molecule has 5 saturated carbocycles. The summed E-state index contributed by atoms with van der Waals surface area (Å²) in [5, 5.41) is 101. The molecular weight excluding hydrogens is 937 g/mol. The number of hydrogen-bond acceptors (Lipinski definition) is 15. The summed E-state index contributed by atoms with van der Waals surface area (Å²) in [6.07, 6.45) is 4.94. The molecular formula is C55H90N6O12. The summed E-state index contributed by atoms with van der Waals surface area (Å²) in [5.41, 5.74) is 3.52. The van der Waals surface area contributed by atoms with E-state index in [4.69, 9.17) is 15.2 Å². The molecule has 0 aromatic carbocycles. The summed E-state index contributed by atoms with van der Waals surface area (Å²) in [4.78, 5) is 36.4. The number of aromatic nitrogens is 2. The standard InChI is InChI=1S/C55H90N6O12/c1-49(27-62)15-17-55(48(70)71)18-16-51(3)32(35(55)23-49)9-10-39-52(51,4)14-11-38-50(2,28-63)44(73-46-43(67)42(66)37(64)26-72-46)41(65)34(53(38,39)5)22-33-40(61-47(69)54(33)12-7-8-13-54)31(36-25-59-29-60-36)21-30(45(56)68)24-58-20-19-57-6/h9,25,29-31,33-35,37-46,57-58,62-68H,7-8,10-24,26-28,56H2,1-6H3,(H,59,60)(H,61,69)(H,70,71). The van der Waals surface area contributed by atoms with Crippen LogP contribution in [0.15, 0.2) is 24.2 Å². The average molecular weight is 1030 g/mol. The highest BCUT2D eigenvalue weighted by molar-refractivity contribution is 5.86. The van der Waals surface area contributed by atoms with Crippen molar-refractivity contribution in [3.63, 3.8) is 0 Å². The van der Waals surface area contributed by atoms with Crippen LogP contribution in [0.1, 0.15) is 136 Å². The number of nitrogens with two attached hydrogens (primary N) is 1. The quantitative estimate of drug-likeness (QED) is 0.0462. The molecule has 1 amide bonds. The summed E-state index contributed by atoms with van der Waals surface area (Å²) >= 11 is 0. The van der Waals surface area contributed by atoms with E-state index >= 15 is 4.79 Å². The number of ether oxygens (including phenoxy) is 2. The second-order valence-corrected chi connectivity index (χ2v) is 26.0. The molecule has 412 valence electrons. The number of likely N-dealkylation sites (N-methyl/N-ethyl adjacent to an activating group) is 1. The third-order valence-electron chi connectivity index (χ3n) is 22.8. The van der Waals surface area contributed by atoms with Gasteiger partial charge in [0.25, 0.3) is 0 Å². The fraction of sp³-hybridized carbons (Fsp3) is 0.873. The van der Waals surface area contributed by atoms with E-state index in [1.54, 1.807) is 12.5 Å². The van der Waals surface area contributed by atoms with Crippen LogP contribution in [0.2, 0.25) is 0 Å². The number of carboxylic acid groups (broad SMARTS) is 1. The Morgan fingerprint density at radius 1 is 0.945 bits per heavy atom. The molecule has 7 fully saturated rings. The lowest BCUT2D eigenvalue weighted by molar-refractivity contribution is -0.340. The first-order chi connectivity index (χ1) is 34.6. The van der Waals surface area contributed by atoms with E-state index in [1.165, 1.54) is 5.57 Å². The van der Waals surface area contributed by atoms with Gasteiger partial charge >= 0.3 is 5.97 Å².